The highest BCUT2D eigenvalue weighted by Gasteiger charge is 2.17. The van der Waals surface area contributed by atoms with Gasteiger partial charge in [0.15, 0.2) is 0 Å². The van der Waals surface area contributed by atoms with Crippen LogP contribution in [0.2, 0.25) is 0 Å². The number of hydrogen-bond donors (Lipinski definition) is 0. The second-order valence-corrected chi connectivity index (χ2v) is 6.33. The van der Waals surface area contributed by atoms with Crippen molar-refractivity contribution in [2.24, 2.45) is 5.41 Å². The predicted octanol–water partition coefficient (Wildman–Crippen LogP) is 4.16. The molecule has 1 aromatic carbocycles. The molecule has 1 heteroatoms. The summed E-state index contributed by atoms with van der Waals surface area (Å²) in [5, 5.41) is 0. The monoisotopic (exact) mass is 232 g/mol. The van der Waals surface area contributed by atoms with Gasteiger partial charge in [-0.05, 0) is 42.9 Å². The quantitative estimate of drug-likeness (QED) is 0.764. The molecular formula is C16H24O. The Morgan fingerprint density at radius 2 is 1.53 bits per heavy atom. The Morgan fingerprint density at radius 1 is 1.06 bits per heavy atom. The molecule has 0 radical (unpaired) electrons. The molecule has 17 heavy (non-hydrogen) atoms. The topological polar surface area (TPSA) is 17.1 Å². The fourth-order valence-electron chi connectivity index (χ4n) is 2.34. The van der Waals surface area contributed by atoms with Gasteiger partial charge in [0.2, 0.25) is 0 Å². The van der Waals surface area contributed by atoms with Crippen LogP contribution in [0.5, 0.6) is 0 Å². The van der Waals surface area contributed by atoms with Crippen molar-refractivity contribution < 1.29 is 4.79 Å². The van der Waals surface area contributed by atoms with E-state index in [0.717, 1.165) is 0 Å². The Hall–Kier alpha value is -1.11. The van der Waals surface area contributed by atoms with Crippen molar-refractivity contribution in [3.63, 3.8) is 0 Å². The molecule has 0 spiro atoms. The molecule has 0 fully saturated rings. The Balaban J connectivity index is 2.86. The maximum absolute atomic E-state index is 12.0. The lowest BCUT2D eigenvalue weighted by atomic mass is 9.86. The van der Waals surface area contributed by atoms with E-state index < -0.39 is 0 Å². The number of rotatable bonds is 3. The van der Waals surface area contributed by atoms with Crippen molar-refractivity contribution in [2.75, 3.05) is 0 Å². The Labute approximate surface area is 105 Å². The lowest BCUT2D eigenvalue weighted by Gasteiger charge is -2.18. The minimum atomic E-state index is 0.0869. The van der Waals surface area contributed by atoms with E-state index in [2.05, 4.69) is 53.7 Å². The van der Waals surface area contributed by atoms with Crippen LogP contribution in [0.3, 0.4) is 0 Å². The van der Waals surface area contributed by atoms with E-state index in [-0.39, 0.29) is 5.41 Å². The van der Waals surface area contributed by atoms with Crippen molar-refractivity contribution in [3.05, 3.63) is 34.4 Å². The van der Waals surface area contributed by atoms with E-state index in [9.17, 15) is 4.79 Å². The van der Waals surface area contributed by atoms with Crippen LogP contribution in [0.4, 0.5) is 0 Å². The molecule has 0 heterocycles. The van der Waals surface area contributed by atoms with Crippen LogP contribution in [0.15, 0.2) is 12.1 Å². The molecule has 0 saturated carbocycles. The molecule has 0 aromatic heterocycles. The van der Waals surface area contributed by atoms with Gasteiger partial charge in [0.25, 0.3) is 0 Å². The smallest absolute Gasteiger partial charge is 0.137 e. The summed E-state index contributed by atoms with van der Waals surface area (Å²) in [6.45, 7) is 12.6. The summed E-state index contributed by atoms with van der Waals surface area (Å²) in [6, 6.07) is 4.32. The highest BCUT2D eigenvalue weighted by Crippen LogP contribution is 2.22. The Kier molecular flexibility index (Phi) is 4.13. The molecule has 0 aliphatic heterocycles. The fraction of sp³-hybridized carbons (Fsp3) is 0.562. The zero-order chi connectivity index (χ0) is 13.2. The number of carbonyl (C=O) groups is 1. The molecule has 1 rings (SSSR count). The van der Waals surface area contributed by atoms with Gasteiger partial charge in [-0.1, -0.05) is 38.5 Å². The largest absolute Gasteiger partial charge is 0.299 e. The van der Waals surface area contributed by atoms with Gasteiger partial charge in [-0.15, -0.1) is 0 Å². The summed E-state index contributed by atoms with van der Waals surface area (Å²) >= 11 is 0. The van der Waals surface area contributed by atoms with Crippen molar-refractivity contribution >= 4 is 5.78 Å². The third kappa shape index (κ3) is 4.33. The van der Waals surface area contributed by atoms with E-state index in [4.69, 9.17) is 0 Å². The van der Waals surface area contributed by atoms with Crippen LogP contribution in [-0.4, -0.2) is 5.78 Å². The lowest BCUT2D eigenvalue weighted by molar-refractivity contribution is -0.120. The molecule has 1 aromatic rings. The maximum Gasteiger partial charge on any atom is 0.137 e. The number of aryl methyl sites for hydroxylation is 3. The highest BCUT2D eigenvalue weighted by atomic mass is 16.1. The van der Waals surface area contributed by atoms with Crippen LogP contribution >= 0.6 is 0 Å². The highest BCUT2D eigenvalue weighted by molar-refractivity contribution is 5.82. The molecule has 1 nitrogen and oxygen atoms in total. The van der Waals surface area contributed by atoms with Gasteiger partial charge in [0.1, 0.15) is 5.78 Å². The number of Topliss-reactive ketones (excluding diaryl/α,β-unsaturated/α-hetero) is 1. The Morgan fingerprint density at radius 3 is 1.94 bits per heavy atom. The third-order valence-electron chi connectivity index (χ3n) is 2.94. The lowest BCUT2D eigenvalue weighted by Crippen LogP contribution is -2.15. The van der Waals surface area contributed by atoms with Gasteiger partial charge in [-0.2, -0.15) is 0 Å². The van der Waals surface area contributed by atoms with E-state index in [1.165, 1.54) is 22.3 Å². The van der Waals surface area contributed by atoms with Crippen LogP contribution in [0, 0.1) is 26.2 Å². The molecule has 0 amide bonds. The van der Waals surface area contributed by atoms with Gasteiger partial charge in [-0.25, -0.2) is 0 Å². The maximum atomic E-state index is 12.0. The molecule has 0 aliphatic carbocycles. The van der Waals surface area contributed by atoms with E-state index in [1.807, 2.05) is 0 Å². The van der Waals surface area contributed by atoms with Gasteiger partial charge in [0, 0.05) is 12.8 Å². The van der Waals surface area contributed by atoms with Crippen LogP contribution in [-0.2, 0) is 11.2 Å². The summed E-state index contributed by atoms with van der Waals surface area (Å²) < 4.78 is 0. The summed E-state index contributed by atoms with van der Waals surface area (Å²) in [4.78, 5) is 12.0. The first-order valence-corrected chi connectivity index (χ1v) is 6.27. The van der Waals surface area contributed by atoms with Crippen molar-refractivity contribution in [3.8, 4) is 0 Å². The Bertz CT molecular complexity index is 399. The van der Waals surface area contributed by atoms with E-state index in [0.29, 0.717) is 18.6 Å². The normalized spacial score (nSPS) is 11.6. The predicted molar refractivity (Wildman–Crippen MR) is 73.4 cm³/mol. The van der Waals surface area contributed by atoms with Gasteiger partial charge in [-0.3, -0.25) is 4.79 Å². The van der Waals surface area contributed by atoms with Gasteiger partial charge >= 0.3 is 0 Å². The number of benzene rings is 1. The third-order valence-corrected chi connectivity index (χ3v) is 2.94. The van der Waals surface area contributed by atoms with Crippen molar-refractivity contribution in [1.82, 2.24) is 0 Å². The first-order chi connectivity index (χ1) is 7.69. The number of hydrogen-bond acceptors (Lipinski definition) is 1. The molecule has 0 unspecified atom stereocenters. The van der Waals surface area contributed by atoms with E-state index in [1.54, 1.807) is 0 Å². The van der Waals surface area contributed by atoms with Crippen molar-refractivity contribution in [2.45, 2.75) is 54.4 Å². The number of carbonyl (C=O) groups excluding carboxylic acids is 1. The average Bonchev–Trinajstić information content (AvgIpc) is 2.08. The van der Waals surface area contributed by atoms with Crippen molar-refractivity contribution in [1.29, 1.82) is 0 Å². The summed E-state index contributed by atoms with van der Waals surface area (Å²) in [7, 11) is 0. The summed E-state index contributed by atoms with van der Waals surface area (Å²) in [5.41, 5.74) is 5.05. The first-order valence-electron chi connectivity index (χ1n) is 6.27. The van der Waals surface area contributed by atoms with Crippen LogP contribution in [0.25, 0.3) is 0 Å². The zero-order valence-electron chi connectivity index (χ0n) is 12.0. The second kappa shape index (κ2) is 5.03. The molecular weight excluding hydrogens is 208 g/mol. The standard InChI is InChI=1S/C16H24O/c1-11-7-12(2)15(13(3)8-11)9-14(17)10-16(4,5)6/h7-8H,9-10H2,1-6H3. The number of ketones is 1. The molecule has 0 aliphatic rings. The molecule has 94 valence electrons. The van der Waals surface area contributed by atoms with Crippen LogP contribution < -0.4 is 0 Å². The molecule has 0 bridgehead atoms. The minimum absolute atomic E-state index is 0.0869. The van der Waals surface area contributed by atoms with Gasteiger partial charge in [0.05, 0.1) is 0 Å². The first kappa shape index (κ1) is 14.0. The second-order valence-electron chi connectivity index (χ2n) is 6.33. The average molecular weight is 232 g/mol. The summed E-state index contributed by atoms with van der Waals surface area (Å²) in [6.07, 6.45) is 1.23. The SMILES string of the molecule is Cc1cc(C)c(CC(=O)CC(C)(C)C)c(C)c1. The molecule has 0 saturated heterocycles. The zero-order valence-corrected chi connectivity index (χ0v) is 12.0. The minimum Gasteiger partial charge on any atom is -0.299 e. The van der Waals surface area contributed by atoms with E-state index >= 15 is 0 Å². The molecule has 0 N–H and O–H groups in total. The molecule has 0 atom stereocenters. The fourth-order valence-corrected chi connectivity index (χ4v) is 2.34. The summed E-state index contributed by atoms with van der Waals surface area (Å²) in [5.74, 6) is 0.340. The van der Waals surface area contributed by atoms with Gasteiger partial charge < -0.3 is 0 Å². The van der Waals surface area contributed by atoms with Crippen LogP contribution in [0.1, 0.15) is 49.4 Å².